The van der Waals surface area contributed by atoms with Crippen LogP contribution in [-0.2, 0) is 9.59 Å². The van der Waals surface area contributed by atoms with Crippen molar-refractivity contribution in [3.8, 4) is 0 Å². The van der Waals surface area contributed by atoms with Gasteiger partial charge in [-0.3, -0.25) is 9.59 Å². The maximum atomic E-state index is 11.6. The van der Waals surface area contributed by atoms with Crippen LogP contribution in [-0.4, -0.2) is 45.7 Å². The molecule has 16 heavy (non-hydrogen) atoms. The number of likely N-dealkylation sites (tertiary alicyclic amines) is 1. The maximum Gasteiger partial charge on any atom is 0.303 e. The minimum Gasteiger partial charge on any atom is -0.481 e. The van der Waals surface area contributed by atoms with Crippen LogP contribution in [0.25, 0.3) is 0 Å². The SMILES string of the molecule is CCC1(O)CN(C(=O)CC(C)CC(=O)O)C1. The summed E-state index contributed by atoms with van der Waals surface area (Å²) in [5.74, 6) is -1.10. The fraction of sp³-hybridized carbons (Fsp3) is 0.818. The lowest BCUT2D eigenvalue weighted by molar-refractivity contribution is -0.156. The Morgan fingerprint density at radius 3 is 2.38 bits per heavy atom. The van der Waals surface area contributed by atoms with Crippen LogP contribution in [0.3, 0.4) is 0 Å². The molecular weight excluding hydrogens is 210 g/mol. The third-order valence-corrected chi connectivity index (χ3v) is 3.03. The van der Waals surface area contributed by atoms with Gasteiger partial charge in [-0.05, 0) is 12.3 Å². The van der Waals surface area contributed by atoms with Crippen LogP contribution in [0.5, 0.6) is 0 Å². The summed E-state index contributed by atoms with van der Waals surface area (Å²) in [5.41, 5.74) is -0.717. The van der Waals surface area contributed by atoms with Gasteiger partial charge in [0.05, 0.1) is 18.7 Å². The van der Waals surface area contributed by atoms with E-state index in [1.54, 1.807) is 11.8 Å². The third-order valence-electron chi connectivity index (χ3n) is 3.03. The molecule has 0 aromatic rings. The average Bonchev–Trinajstić information content (AvgIpc) is 2.11. The van der Waals surface area contributed by atoms with Crippen molar-refractivity contribution >= 4 is 11.9 Å². The number of carbonyl (C=O) groups is 2. The van der Waals surface area contributed by atoms with E-state index in [0.29, 0.717) is 19.5 Å². The van der Waals surface area contributed by atoms with Crippen molar-refractivity contribution in [3.63, 3.8) is 0 Å². The van der Waals surface area contributed by atoms with E-state index in [0.717, 1.165) is 0 Å². The molecule has 1 fully saturated rings. The van der Waals surface area contributed by atoms with Gasteiger partial charge < -0.3 is 15.1 Å². The van der Waals surface area contributed by atoms with Gasteiger partial charge in [0.25, 0.3) is 0 Å². The molecule has 0 aromatic carbocycles. The van der Waals surface area contributed by atoms with Gasteiger partial charge in [-0.15, -0.1) is 0 Å². The number of aliphatic carboxylic acids is 1. The number of carboxylic acid groups (broad SMARTS) is 1. The summed E-state index contributed by atoms with van der Waals surface area (Å²) >= 11 is 0. The minimum atomic E-state index is -0.881. The fourth-order valence-electron chi connectivity index (χ4n) is 1.86. The summed E-state index contributed by atoms with van der Waals surface area (Å²) in [6.07, 6.45) is 0.894. The van der Waals surface area contributed by atoms with Crippen LogP contribution in [0.1, 0.15) is 33.1 Å². The molecule has 1 amide bonds. The van der Waals surface area contributed by atoms with E-state index >= 15 is 0 Å². The van der Waals surface area contributed by atoms with Gasteiger partial charge in [-0.2, -0.15) is 0 Å². The van der Waals surface area contributed by atoms with E-state index in [9.17, 15) is 14.7 Å². The molecule has 0 aliphatic carbocycles. The number of hydrogen-bond donors (Lipinski definition) is 2. The van der Waals surface area contributed by atoms with E-state index in [2.05, 4.69) is 0 Å². The van der Waals surface area contributed by atoms with Crippen molar-refractivity contribution in [3.05, 3.63) is 0 Å². The molecule has 0 radical (unpaired) electrons. The van der Waals surface area contributed by atoms with E-state index < -0.39 is 11.6 Å². The molecule has 1 saturated heterocycles. The Balaban J connectivity index is 2.30. The zero-order valence-electron chi connectivity index (χ0n) is 9.77. The fourth-order valence-corrected chi connectivity index (χ4v) is 1.86. The van der Waals surface area contributed by atoms with Crippen molar-refractivity contribution in [1.82, 2.24) is 4.90 Å². The lowest BCUT2D eigenvalue weighted by atomic mass is 9.90. The van der Waals surface area contributed by atoms with Crippen LogP contribution >= 0.6 is 0 Å². The number of carbonyl (C=O) groups excluding carboxylic acids is 1. The molecule has 0 aromatic heterocycles. The lowest BCUT2D eigenvalue weighted by Crippen LogP contribution is -2.63. The number of rotatable bonds is 5. The molecule has 1 aliphatic heterocycles. The Morgan fingerprint density at radius 2 is 1.94 bits per heavy atom. The van der Waals surface area contributed by atoms with Crippen molar-refractivity contribution < 1.29 is 19.8 Å². The summed E-state index contributed by atoms with van der Waals surface area (Å²) in [6.45, 7) is 4.39. The Kier molecular flexibility index (Phi) is 3.91. The first-order chi connectivity index (χ1) is 7.36. The number of aliphatic hydroxyl groups is 1. The standard InChI is InChI=1S/C11H19NO4/c1-3-11(16)6-12(7-11)9(13)4-8(2)5-10(14)15/h8,16H,3-7H2,1-2H3,(H,14,15). The molecule has 1 aliphatic rings. The minimum absolute atomic E-state index is 0.0115. The number of nitrogens with zero attached hydrogens (tertiary/aromatic N) is 1. The predicted octanol–water partition coefficient (Wildman–Crippen LogP) is 0.471. The van der Waals surface area contributed by atoms with Gasteiger partial charge in [0.2, 0.25) is 5.91 Å². The molecule has 0 spiro atoms. The maximum absolute atomic E-state index is 11.6. The van der Waals surface area contributed by atoms with E-state index in [1.807, 2.05) is 6.92 Å². The highest BCUT2D eigenvalue weighted by Gasteiger charge is 2.41. The first kappa shape index (κ1) is 13.0. The summed E-state index contributed by atoms with van der Waals surface area (Å²) in [4.78, 5) is 23.7. The van der Waals surface area contributed by atoms with Gasteiger partial charge in [-0.1, -0.05) is 13.8 Å². The molecule has 5 heteroatoms. The molecule has 1 heterocycles. The molecule has 1 atom stereocenters. The predicted molar refractivity (Wildman–Crippen MR) is 57.9 cm³/mol. The molecule has 0 saturated carbocycles. The van der Waals surface area contributed by atoms with Gasteiger partial charge in [0, 0.05) is 12.8 Å². The van der Waals surface area contributed by atoms with Crippen molar-refractivity contribution in [2.75, 3.05) is 13.1 Å². The second kappa shape index (κ2) is 4.82. The smallest absolute Gasteiger partial charge is 0.303 e. The first-order valence-corrected chi connectivity index (χ1v) is 5.58. The summed E-state index contributed by atoms with van der Waals surface area (Å²) in [5, 5.41) is 18.3. The zero-order chi connectivity index (χ0) is 12.3. The van der Waals surface area contributed by atoms with E-state index in [4.69, 9.17) is 5.11 Å². The molecular formula is C11H19NO4. The molecule has 5 nitrogen and oxygen atoms in total. The second-order valence-corrected chi connectivity index (χ2v) is 4.73. The molecule has 2 N–H and O–H groups in total. The van der Waals surface area contributed by atoms with Crippen LogP contribution in [0, 0.1) is 5.92 Å². The van der Waals surface area contributed by atoms with Gasteiger partial charge in [-0.25, -0.2) is 0 Å². The van der Waals surface area contributed by atoms with Crippen molar-refractivity contribution in [2.45, 2.75) is 38.7 Å². The van der Waals surface area contributed by atoms with Gasteiger partial charge >= 0.3 is 5.97 Å². The largest absolute Gasteiger partial charge is 0.481 e. The summed E-state index contributed by atoms with van der Waals surface area (Å²) in [7, 11) is 0. The Bertz CT molecular complexity index is 284. The van der Waals surface area contributed by atoms with E-state index in [1.165, 1.54) is 0 Å². The van der Waals surface area contributed by atoms with Crippen molar-refractivity contribution in [2.24, 2.45) is 5.92 Å². The highest BCUT2D eigenvalue weighted by atomic mass is 16.4. The summed E-state index contributed by atoms with van der Waals surface area (Å²) in [6, 6.07) is 0. The normalized spacial score (nSPS) is 20.1. The topological polar surface area (TPSA) is 77.8 Å². The van der Waals surface area contributed by atoms with Crippen LogP contribution in [0.2, 0.25) is 0 Å². The van der Waals surface area contributed by atoms with Crippen LogP contribution in [0.15, 0.2) is 0 Å². The molecule has 1 unspecified atom stereocenters. The molecule has 1 rings (SSSR count). The Morgan fingerprint density at radius 1 is 1.38 bits per heavy atom. The third kappa shape index (κ3) is 3.20. The first-order valence-electron chi connectivity index (χ1n) is 5.58. The number of amides is 1. The summed E-state index contributed by atoms with van der Waals surface area (Å²) < 4.78 is 0. The lowest BCUT2D eigenvalue weighted by Gasteiger charge is -2.46. The van der Waals surface area contributed by atoms with Crippen LogP contribution in [0.4, 0.5) is 0 Å². The van der Waals surface area contributed by atoms with Gasteiger partial charge in [0.1, 0.15) is 0 Å². The Hall–Kier alpha value is -1.10. The highest BCUT2D eigenvalue weighted by Crippen LogP contribution is 2.25. The molecule has 0 bridgehead atoms. The van der Waals surface area contributed by atoms with Crippen LogP contribution < -0.4 is 0 Å². The molecule has 92 valence electrons. The number of β-amino-alcohol motifs (C(OH)–C–C–N with tert-alkyl or cyclic N) is 1. The average molecular weight is 229 g/mol. The van der Waals surface area contributed by atoms with Crippen molar-refractivity contribution in [1.29, 1.82) is 0 Å². The monoisotopic (exact) mass is 229 g/mol. The van der Waals surface area contributed by atoms with E-state index in [-0.39, 0.29) is 24.7 Å². The Labute approximate surface area is 95.1 Å². The number of carboxylic acids is 1. The second-order valence-electron chi connectivity index (χ2n) is 4.73. The quantitative estimate of drug-likeness (QED) is 0.718. The number of hydrogen-bond acceptors (Lipinski definition) is 3. The zero-order valence-corrected chi connectivity index (χ0v) is 9.77. The highest BCUT2D eigenvalue weighted by molar-refractivity contribution is 5.78. The van der Waals surface area contributed by atoms with Gasteiger partial charge in [0.15, 0.2) is 0 Å².